The zero-order valence-electron chi connectivity index (χ0n) is 12.6. The minimum absolute atomic E-state index is 0.209. The summed E-state index contributed by atoms with van der Waals surface area (Å²) in [6.45, 7) is 7.73. The van der Waals surface area contributed by atoms with Crippen molar-refractivity contribution in [1.29, 1.82) is 0 Å². The van der Waals surface area contributed by atoms with Gasteiger partial charge < -0.3 is 15.4 Å². The number of morpholine rings is 1. The Morgan fingerprint density at radius 1 is 1.35 bits per heavy atom. The summed E-state index contributed by atoms with van der Waals surface area (Å²) in [6.07, 6.45) is 2.04. The average molecular weight is 284 g/mol. The van der Waals surface area contributed by atoms with Crippen LogP contribution in [0.1, 0.15) is 12.8 Å². The van der Waals surface area contributed by atoms with E-state index in [1.165, 1.54) is 6.42 Å². The van der Waals surface area contributed by atoms with E-state index in [-0.39, 0.29) is 5.91 Å². The molecule has 0 aliphatic carbocycles. The van der Waals surface area contributed by atoms with E-state index in [1.54, 1.807) is 4.90 Å². The van der Waals surface area contributed by atoms with Crippen molar-refractivity contribution in [3.05, 3.63) is 0 Å². The first-order valence-electron chi connectivity index (χ1n) is 7.69. The quantitative estimate of drug-likeness (QED) is 0.692. The van der Waals surface area contributed by atoms with Crippen molar-refractivity contribution < 1.29 is 9.53 Å². The number of ether oxygens (including phenoxy) is 1. The number of likely N-dealkylation sites (tertiary alicyclic amines) is 1. The molecule has 1 atom stereocenters. The van der Waals surface area contributed by atoms with E-state index in [2.05, 4.69) is 9.80 Å². The van der Waals surface area contributed by atoms with Crippen LogP contribution < -0.4 is 5.73 Å². The summed E-state index contributed by atoms with van der Waals surface area (Å²) < 4.78 is 5.39. The smallest absolute Gasteiger partial charge is 0.236 e. The van der Waals surface area contributed by atoms with Crippen LogP contribution in [0.3, 0.4) is 0 Å². The Balaban J connectivity index is 1.71. The number of likely N-dealkylation sites (N-methyl/N-ethyl adjacent to an activating group) is 1. The Morgan fingerprint density at radius 2 is 2.10 bits per heavy atom. The SMILES string of the molecule is CN(CCCN)C(=O)CN1CCC(N2CCOCC2)C1. The van der Waals surface area contributed by atoms with Crippen LogP contribution in [0.4, 0.5) is 0 Å². The fraction of sp³-hybridized carbons (Fsp3) is 0.929. The third-order valence-corrected chi connectivity index (χ3v) is 4.29. The van der Waals surface area contributed by atoms with Gasteiger partial charge in [-0.1, -0.05) is 0 Å². The maximum atomic E-state index is 12.1. The highest BCUT2D eigenvalue weighted by atomic mass is 16.5. The number of nitrogens with zero attached hydrogens (tertiary/aromatic N) is 3. The first kappa shape index (κ1) is 15.7. The maximum Gasteiger partial charge on any atom is 0.236 e. The van der Waals surface area contributed by atoms with Crippen LogP contribution >= 0.6 is 0 Å². The second-order valence-electron chi connectivity index (χ2n) is 5.78. The molecule has 2 aliphatic heterocycles. The monoisotopic (exact) mass is 284 g/mol. The zero-order chi connectivity index (χ0) is 14.4. The lowest BCUT2D eigenvalue weighted by Gasteiger charge is -2.32. The van der Waals surface area contributed by atoms with Crippen molar-refractivity contribution in [2.45, 2.75) is 18.9 Å². The fourth-order valence-corrected chi connectivity index (χ4v) is 2.96. The van der Waals surface area contributed by atoms with Crippen molar-refractivity contribution >= 4 is 5.91 Å². The molecule has 6 nitrogen and oxygen atoms in total. The van der Waals surface area contributed by atoms with Crippen LogP contribution in [-0.4, -0.2) is 92.7 Å². The molecule has 2 heterocycles. The second-order valence-corrected chi connectivity index (χ2v) is 5.78. The van der Waals surface area contributed by atoms with E-state index < -0.39 is 0 Å². The van der Waals surface area contributed by atoms with E-state index in [4.69, 9.17) is 10.5 Å². The fourth-order valence-electron chi connectivity index (χ4n) is 2.96. The van der Waals surface area contributed by atoms with E-state index in [1.807, 2.05) is 7.05 Å². The van der Waals surface area contributed by atoms with E-state index in [0.717, 1.165) is 52.4 Å². The third-order valence-electron chi connectivity index (χ3n) is 4.29. The summed E-state index contributed by atoms with van der Waals surface area (Å²) >= 11 is 0. The molecule has 0 aromatic heterocycles. The minimum Gasteiger partial charge on any atom is -0.379 e. The van der Waals surface area contributed by atoms with Gasteiger partial charge in [0.15, 0.2) is 0 Å². The highest BCUT2D eigenvalue weighted by Gasteiger charge is 2.29. The normalized spacial score (nSPS) is 25.0. The van der Waals surface area contributed by atoms with Crippen molar-refractivity contribution in [1.82, 2.24) is 14.7 Å². The number of nitrogens with two attached hydrogens (primary N) is 1. The number of carbonyl (C=O) groups excluding carboxylic acids is 1. The second kappa shape index (κ2) is 7.93. The molecule has 2 aliphatic rings. The Hall–Kier alpha value is -0.690. The van der Waals surface area contributed by atoms with Crippen LogP contribution in [0, 0.1) is 0 Å². The molecule has 0 saturated carbocycles. The lowest BCUT2D eigenvalue weighted by atomic mass is 10.2. The Bertz CT molecular complexity index is 308. The van der Waals surface area contributed by atoms with Gasteiger partial charge in [0.1, 0.15) is 0 Å². The largest absolute Gasteiger partial charge is 0.379 e. The van der Waals surface area contributed by atoms with Crippen LogP contribution in [0.15, 0.2) is 0 Å². The molecule has 2 saturated heterocycles. The maximum absolute atomic E-state index is 12.1. The van der Waals surface area contributed by atoms with Gasteiger partial charge in [0.25, 0.3) is 0 Å². The lowest BCUT2D eigenvalue weighted by molar-refractivity contribution is -0.130. The summed E-state index contributed by atoms with van der Waals surface area (Å²) in [5.41, 5.74) is 5.48. The van der Waals surface area contributed by atoms with Crippen molar-refractivity contribution in [3.63, 3.8) is 0 Å². The van der Waals surface area contributed by atoms with Gasteiger partial charge in [0, 0.05) is 45.8 Å². The van der Waals surface area contributed by atoms with Gasteiger partial charge in [-0.05, 0) is 19.4 Å². The van der Waals surface area contributed by atoms with Crippen molar-refractivity contribution in [3.8, 4) is 0 Å². The minimum atomic E-state index is 0.209. The highest BCUT2D eigenvalue weighted by Crippen LogP contribution is 2.16. The van der Waals surface area contributed by atoms with Gasteiger partial charge in [0.05, 0.1) is 19.8 Å². The molecular formula is C14H28N4O2. The molecule has 2 fully saturated rings. The van der Waals surface area contributed by atoms with Gasteiger partial charge in [-0.15, -0.1) is 0 Å². The molecule has 0 aromatic rings. The summed E-state index contributed by atoms with van der Waals surface area (Å²) in [6, 6.07) is 0.598. The summed E-state index contributed by atoms with van der Waals surface area (Å²) in [5.74, 6) is 0.209. The predicted molar refractivity (Wildman–Crippen MR) is 78.5 cm³/mol. The number of rotatable bonds is 6. The highest BCUT2D eigenvalue weighted by molar-refractivity contribution is 5.78. The topological polar surface area (TPSA) is 62.0 Å². The van der Waals surface area contributed by atoms with Crippen LogP contribution in [-0.2, 0) is 9.53 Å². The van der Waals surface area contributed by atoms with Crippen molar-refractivity contribution in [2.75, 3.05) is 66.1 Å². The Morgan fingerprint density at radius 3 is 2.80 bits per heavy atom. The molecule has 2 N–H and O–H groups in total. The number of carbonyl (C=O) groups is 1. The number of hydrogen-bond donors (Lipinski definition) is 1. The molecule has 0 aromatic carbocycles. The average Bonchev–Trinajstić information content (AvgIpc) is 2.94. The Labute approximate surface area is 121 Å². The van der Waals surface area contributed by atoms with Crippen molar-refractivity contribution in [2.24, 2.45) is 5.73 Å². The number of hydrogen-bond acceptors (Lipinski definition) is 5. The molecule has 2 rings (SSSR count). The van der Waals surface area contributed by atoms with E-state index >= 15 is 0 Å². The first-order chi connectivity index (χ1) is 9.70. The molecule has 20 heavy (non-hydrogen) atoms. The standard InChI is InChI=1S/C14H28N4O2/c1-16(5-2-4-15)14(19)12-17-6-3-13(11-17)18-7-9-20-10-8-18/h13H,2-12,15H2,1H3. The zero-order valence-corrected chi connectivity index (χ0v) is 12.6. The number of amides is 1. The summed E-state index contributed by atoms with van der Waals surface area (Å²) in [4.78, 5) is 18.7. The first-order valence-corrected chi connectivity index (χ1v) is 7.69. The summed E-state index contributed by atoms with van der Waals surface area (Å²) in [7, 11) is 1.87. The molecule has 0 radical (unpaired) electrons. The van der Waals surface area contributed by atoms with Crippen LogP contribution in [0.5, 0.6) is 0 Å². The molecule has 116 valence electrons. The molecule has 6 heteroatoms. The Kier molecular flexibility index (Phi) is 6.22. The van der Waals surface area contributed by atoms with Crippen LogP contribution in [0.25, 0.3) is 0 Å². The molecule has 1 unspecified atom stereocenters. The van der Waals surface area contributed by atoms with E-state index in [0.29, 0.717) is 19.1 Å². The van der Waals surface area contributed by atoms with Gasteiger partial charge in [-0.2, -0.15) is 0 Å². The summed E-state index contributed by atoms with van der Waals surface area (Å²) in [5, 5.41) is 0. The van der Waals surface area contributed by atoms with Gasteiger partial charge in [0.2, 0.25) is 5.91 Å². The van der Waals surface area contributed by atoms with Crippen LogP contribution in [0.2, 0.25) is 0 Å². The van der Waals surface area contributed by atoms with Gasteiger partial charge in [-0.3, -0.25) is 14.6 Å². The molecule has 1 amide bonds. The predicted octanol–water partition coefficient (Wildman–Crippen LogP) is -0.800. The van der Waals surface area contributed by atoms with Gasteiger partial charge in [-0.25, -0.2) is 0 Å². The molecule has 0 bridgehead atoms. The van der Waals surface area contributed by atoms with Gasteiger partial charge >= 0.3 is 0 Å². The lowest BCUT2D eigenvalue weighted by Crippen LogP contribution is -2.45. The third kappa shape index (κ3) is 4.41. The molecular weight excluding hydrogens is 256 g/mol. The molecule has 0 spiro atoms. The van der Waals surface area contributed by atoms with E-state index in [9.17, 15) is 4.79 Å².